The van der Waals surface area contributed by atoms with E-state index >= 15 is 0 Å². The summed E-state index contributed by atoms with van der Waals surface area (Å²) in [5, 5.41) is 0. The highest BCUT2D eigenvalue weighted by Gasteiger charge is 2.47. The molecule has 2 spiro atoms. The van der Waals surface area contributed by atoms with Gasteiger partial charge < -0.3 is 19.4 Å². The summed E-state index contributed by atoms with van der Waals surface area (Å²) in [7, 11) is 0. The van der Waals surface area contributed by atoms with Crippen LogP contribution in [0.1, 0.15) is 96.3 Å². The number of piperidine rings is 1. The molecule has 0 radical (unpaired) electrons. The first-order valence-electron chi connectivity index (χ1n) is 17.1. The molecular weight excluding hydrogens is 569 g/mol. The number of nitrogens with zero attached hydrogens (tertiary/aromatic N) is 5. The number of likely N-dealkylation sites (tertiary alicyclic amines) is 1. The molecule has 9 heteroatoms. The Morgan fingerprint density at radius 3 is 2.36 bits per heavy atom. The van der Waals surface area contributed by atoms with E-state index in [1.165, 1.54) is 69.6 Å². The second kappa shape index (κ2) is 12.6. The van der Waals surface area contributed by atoms with Crippen LogP contribution >= 0.6 is 0 Å². The van der Waals surface area contributed by atoms with Gasteiger partial charge >= 0.3 is 0 Å². The van der Waals surface area contributed by atoms with Gasteiger partial charge in [-0.05, 0) is 115 Å². The van der Waals surface area contributed by atoms with Gasteiger partial charge in [0.1, 0.15) is 23.7 Å². The van der Waals surface area contributed by atoms with Crippen molar-refractivity contribution in [1.82, 2.24) is 19.8 Å². The minimum atomic E-state index is -0.480. The van der Waals surface area contributed by atoms with Gasteiger partial charge in [-0.25, -0.2) is 14.4 Å². The monoisotopic (exact) mass is 619 g/mol. The second-order valence-electron chi connectivity index (χ2n) is 15.2. The van der Waals surface area contributed by atoms with E-state index in [1.54, 1.807) is 11.1 Å². The van der Waals surface area contributed by atoms with Crippen molar-refractivity contribution in [2.75, 3.05) is 37.6 Å². The van der Waals surface area contributed by atoms with Gasteiger partial charge in [-0.2, -0.15) is 0 Å². The molecule has 2 aromatic rings. The lowest BCUT2D eigenvalue weighted by Gasteiger charge is -2.55. The number of rotatable bonds is 8. The third-order valence-corrected chi connectivity index (χ3v) is 11.2. The molecular formula is C36H50FN5O3. The highest BCUT2D eigenvalue weighted by Crippen LogP contribution is 2.51. The second-order valence-corrected chi connectivity index (χ2v) is 15.2. The van der Waals surface area contributed by atoms with Gasteiger partial charge in [0.15, 0.2) is 11.6 Å². The van der Waals surface area contributed by atoms with E-state index < -0.39 is 5.82 Å². The number of carbonyl (C=O) groups is 2. The number of aromatic nitrogens is 2. The Hall–Kier alpha value is -3.07. The summed E-state index contributed by atoms with van der Waals surface area (Å²) < 4.78 is 20.7. The zero-order valence-electron chi connectivity index (χ0n) is 27.7. The Labute approximate surface area is 267 Å². The summed E-state index contributed by atoms with van der Waals surface area (Å²) >= 11 is 0. The first-order valence-corrected chi connectivity index (χ1v) is 17.1. The summed E-state index contributed by atoms with van der Waals surface area (Å²) in [4.78, 5) is 41.2. The summed E-state index contributed by atoms with van der Waals surface area (Å²) in [6.07, 6.45) is 12.4. The molecule has 6 rings (SSSR count). The maximum Gasteiger partial charge on any atom is 0.258 e. The van der Waals surface area contributed by atoms with Crippen molar-refractivity contribution in [2.24, 2.45) is 22.7 Å². The minimum absolute atomic E-state index is 0.0458. The standard InChI is InChI=1S/C36H50FN5O3/c1-24(2)42(25(3)4)34(44)29-16-28(37)6-7-31(29)45-32-19-38-23-39-33(32)41-21-36(22-41)12-14-40(15-13-36)20-27-8-10-35(11-9-27)17-26(5)30(43)18-35/h6-7,16,19,23-27H,8-15,17-18,20-22H2,1-5H3. The van der Waals surface area contributed by atoms with Gasteiger partial charge in [-0.3, -0.25) is 9.59 Å². The fourth-order valence-corrected chi connectivity index (χ4v) is 8.74. The van der Waals surface area contributed by atoms with E-state index in [0.29, 0.717) is 28.5 Å². The number of carbonyl (C=O) groups excluding carboxylic acids is 2. The maximum atomic E-state index is 14.4. The van der Waals surface area contributed by atoms with Crippen molar-refractivity contribution in [3.05, 3.63) is 42.1 Å². The van der Waals surface area contributed by atoms with Crippen LogP contribution in [0, 0.1) is 28.5 Å². The van der Waals surface area contributed by atoms with Crippen LogP contribution in [0.2, 0.25) is 0 Å². The lowest BCUT2D eigenvalue weighted by atomic mass is 9.68. The van der Waals surface area contributed by atoms with Crippen molar-refractivity contribution >= 4 is 17.5 Å². The molecule has 4 fully saturated rings. The van der Waals surface area contributed by atoms with E-state index in [0.717, 1.165) is 44.9 Å². The fraction of sp³-hybridized carbons (Fsp3) is 0.667. The van der Waals surface area contributed by atoms with Gasteiger partial charge in [0.25, 0.3) is 5.91 Å². The quantitative estimate of drug-likeness (QED) is 0.324. The molecule has 2 aliphatic carbocycles. The molecule has 4 aliphatic rings. The molecule has 3 heterocycles. The van der Waals surface area contributed by atoms with Crippen LogP contribution in [0.25, 0.3) is 0 Å². The van der Waals surface area contributed by atoms with Crippen molar-refractivity contribution in [1.29, 1.82) is 0 Å². The molecule has 244 valence electrons. The lowest BCUT2D eigenvalue weighted by Crippen LogP contribution is -2.61. The fourth-order valence-electron chi connectivity index (χ4n) is 8.74. The number of Topliss-reactive ketones (excluding diaryl/α,β-unsaturated/α-hetero) is 1. The first kappa shape index (κ1) is 31.9. The zero-order chi connectivity index (χ0) is 31.9. The average molecular weight is 620 g/mol. The van der Waals surface area contributed by atoms with E-state index in [1.807, 2.05) is 27.7 Å². The Morgan fingerprint density at radius 2 is 1.73 bits per heavy atom. The molecule has 0 bridgehead atoms. The van der Waals surface area contributed by atoms with Crippen LogP contribution < -0.4 is 9.64 Å². The van der Waals surface area contributed by atoms with Crippen LogP contribution in [-0.4, -0.2) is 76.3 Å². The molecule has 2 saturated carbocycles. The summed E-state index contributed by atoms with van der Waals surface area (Å²) in [5.41, 5.74) is 0.787. The molecule has 45 heavy (non-hydrogen) atoms. The molecule has 2 aliphatic heterocycles. The van der Waals surface area contributed by atoms with Crippen molar-refractivity contribution < 1.29 is 18.7 Å². The number of ketones is 1. The maximum absolute atomic E-state index is 14.4. The number of ether oxygens (including phenoxy) is 1. The number of hydrogen-bond acceptors (Lipinski definition) is 7. The molecule has 2 saturated heterocycles. The van der Waals surface area contributed by atoms with E-state index in [2.05, 4.69) is 26.7 Å². The Bertz CT molecular complexity index is 1380. The number of benzene rings is 1. The van der Waals surface area contributed by atoms with Crippen molar-refractivity contribution in [3.8, 4) is 11.5 Å². The Balaban J connectivity index is 1.05. The topological polar surface area (TPSA) is 78.9 Å². The SMILES string of the molecule is CC1CC2(CCC(CN3CCC4(CC3)CN(c3ncncc3Oc3ccc(F)cc3C(=O)N(C(C)C)C(C)C)C4)CC2)CC1=O. The van der Waals surface area contributed by atoms with Crippen LogP contribution in [0.5, 0.6) is 11.5 Å². The average Bonchev–Trinajstić information content (AvgIpc) is 3.26. The highest BCUT2D eigenvalue weighted by atomic mass is 19.1. The van der Waals surface area contributed by atoms with Gasteiger partial charge in [0.2, 0.25) is 0 Å². The molecule has 8 nitrogen and oxygen atoms in total. The van der Waals surface area contributed by atoms with Crippen LogP contribution in [0.3, 0.4) is 0 Å². The van der Waals surface area contributed by atoms with Crippen LogP contribution in [0.15, 0.2) is 30.7 Å². The third-order valence-electron chi connectivity index (χ3n) is 11.2. The molecule has 0 N–H and O–H groups in total. The number of anilines is 1. The summed E-state index contributed by atoms with van der Waals surface area (Å²) in [5.74, 6) is 2.24. The number of hydrogen-bond donors (Lipinski definition) is 0. The number of halogens is 1. The van der Waals surface area contributed by atoms with Gasteiger partial charge in [0.05, 0.1) is 11.8 Å². The highest BCUT2D eigenvalue weighted by molar-refractivity contribution is 5.97. The largest absolute Gasteiger partial charge is 0.451 e. The summed E-state index contributed by atoms with van der Waals surface area (Å²) in [6, 6.07) is 4.00. The van der Waals surface area contributed by atoms with Crippen molar-refractivity contribution in [3.63, 3.8) is 0 Å². The normalized spacial score (nSPS) is 26.6. The zero-order valence-corrected chi connectivity index (χ0v) is 27.7. The van der Waals surface area contributed by atoms with Crippen LogP contribution in [-0.2, 0) is 4.79 Å². The minimum Gasteiger partial charge on any atom is -0.451 e. The Kier molecular flexibility index (Phi) is 8.94. The van der Waals surface area contributed by atoms with Crippen molar-refractivity contribution in [2.45, 2.75) is 98.1 Å². The third kappa shape index (κ3) is 6.60. The molecule has 1 amide bonds. The van der Waals surface area contributed by atoms with Crippen LogP contribution in [0.4, 0.5) is 10.2 Å². The Morgan fingerprint density at radius 1 is 1.04 bits per heavy atom. The van der Waals surface area contributed by atoms with Gasteiger partial charge in [-0.15, -0.1) is 0 Å². The smallest absolute Gasteiger partial charge is 0.258 e. The number of amides is 1. The van der Waals surface area contributed by atoms with Gasteiger partial charge in [0, 0.05) is 49.5 Å². The lowest BCUT2D eigenvalue weighted by molar-refractivity contribution is -0.120. The molecule has 1 aromatic heterocycles. The molecule has 1 atom stereocenters. The van der Waals surface area contributed by atoms with E-state index in [9.17, 15) is 14.0 Å². The summed E-state index contributed by atoms with van der Waals surface area (Å²) in [6.45, 7) is 15.2. The first-order chi connectivity index (χ1) is 21.5. The van der Waals surface area contributed by atoms with Gasteiger partial charge in [-0.1, -0.05) is 6.92 Å². The van der Waals surface area contributed by atoms with E-state index in [-0.39, 0.29) is 34.9 Å². The predicted molar refractivity (Wildman–Crippen MR) is 173 cm³/mol. The predicted octanol–water partition coefficient (Wildman–Crippen LogP) is 6.74. The molecule has 1 aromatic carbocycles. The van der Waals surface area contributed by atoms with E-state index in [4.69, 9.17) is 4.74 Å². The molecule has 1 unspecified atom stereocenters.